The van der Waals surface area contributed by atoms with Gasteiger partial charge in [-0.05, 0) is 42.7 Å². The van der Waals surface area contributed by atoms with E-state index in [2.05, 4.69) is 28.8 Å². The molecule has 0 radical (unpaired) electrons. The van der Waals surface area contributed by atoms with Crippen LogP contribution in [0.4, 0.5) is 10.5 Å². The maximum Gasteiger partial charge on any atom is 0.326 e. The molecular formula is C22H26N3O2+. The van der Waals surface area contributed by atoms with Crippen LogP contribution in [-0.4, -0.2) is 31.6 Å². The lowest BCUT2D eigenvalue weighted by molar-refractivity contribution is -0.886. The molecule has 5 heteroatoms. The third-order valence-corrected chi connectivity index (χ3v) is 4.82. The number of benzene rings is 2. The highest BCUT2D eigenvalue weighted by molar-refractivity contribution is 6.01. The maximum absolute atomic E-state index is 12.2. The number of hydrogen-bond acceptors (Lipinski definition) is 2. The minimum atomic E-state index is -0.483. The third-order valence-electron chi connectivity index (χ3n) is 4.82. The van der Waals surface area contributed by atoms with E-state index in [9.17, 15) is 9.59 Å². The summed E-state index contributed by atoms with van der Waals surface area (Å²) in [6, 6.07) is 15.6. The van der Waals surface area contributed by atoms with Gasteiger partial charge >= 0.3 is 6.03 Å². The topological polar surface area (TPSA) is 62.6 Å². The van der Waals surface area contributed by atoms with Crippen LogP contribution in [0.1, 0.15) is 23.1 Å². The highest BCUT2D eigenvalue weighted by Crippen LogP contribution is 2.18. The summed E-state index contributed by atoms with van der Waals surface area (Å²) < 4.78 is 0. The second-order valence-corrected chi connectivity index (χ2v) is 7.05. The number of anilines is 1. The lowest BCUT2D eigenvalue weighted by Gasteiger charge is -2.23. The molecule has 1 atom stereocenters. The molecule has 1 heterocycles. The van der Waals surface area contributed by atoms with Crippen LogP contribution in [0.3, 0.4) is 0 Å². The van der Waals surface area contributed by atoms with E-state index < -0.39 is 6.03 Å². The van der Waals surface area contributed by atoms with Gasteiger partial charge in [0.15, 0.2) is 6.54 Å². The van der Waals surface area contributed by atoms with E-state index in [-0.39, 0.29) is 5.91 Å². The normalized spacial score (nSPS) is 16.4. The van der Waals surface area contributed by atoms with E-state index in [1.165, 1.54) is 11.1 Å². The van der Waals surface area contributed by atoms with Gasteiger partial charge in [-0.15, -0.1) is 0 Å². The van der Waals surface area contributed by atoms with Crippen molar-refractivity contribution in [2.45, 2.75) is 20.3 Å². The number of carbonyl (C=O) groups excluding carboxylic acids is 2. The first-order valence-corrected chi connectivity index (χ1v) is 9.27. The molecule has 2 aromatic carbocycles. The Morgan fingerprint density at radius 2 is 1.85 bits per heavy atom. The molecule has 0 spiro atoms. The molecule has 2 aromatic rings. The summed E-state index contributed by atoms with van der Waals surface area (Å²) in [6.45, 7) is 5.89. The number of nitrogens with one attached hydrogen (secondary N) is 3. The Labute approximate surface area is 160 Å². The van der Waals surface area contributed by atoms with Gasteiger partial charge in [-0.25, -0.2) is 4.79 Å². The molecule has 27 heavy (non-hydrogen) atoms. The number of aryl methyl sites for hydroxylation is 2. The number of urea groups is 1. The summed E-state index contributed by atoms with van der Waals surface area (Å²) in [5.41, 5.74) is 5.39. The molecule has 5 nitrogen and oxygen atoms in total. The molecule has 0 aromatic heterocycles. The van der Waals surface area contributed by atoms with Crippen LogP contribution < -0.4 is 15.5 Å². The van der Waals surface area contributed by atoms with Gasteiger partial charge in [0.05, 0.1) is 13.1 Å². The van der Waals surface area contributed by atoms with Crippen molar-refractivity contribution in [2.24, 2.45) is 0 Å². The van der Waals surface area contributed by atoms with Crippen molar-refractivity contribution in [1.82, 2.24) is 5.32 Å². The summed E-state index contributed by atoms with van der Waals surface area (Å²) in [6.07, 6.45) is 3.12. The van der Waals surface area contributed by atoms with Crippen molar-refractivity contribution >= 4 is 23.2 Å². The predicted molar refractivity (Wildman–Crippen MR) is 108 cm³/mol. The summed E-state index contributed by atoms with van der Waals surface area (Å²) in [5.74, 6) is -0.260. The Bertz CT molecular complexity index is 859. The quantitative estimate of drug-likeness (QED) is 0.780. The molecule has 0 saturated carbocycles. The molecule has 3 N–H and O–H groups in total. The number of hydrogen-bond donors (Lipinski definition) is 3. The lowest BCUT2D eigenvalue weighted by atomic mass is 10.00. The molecule has 0 bridgehead atoms. The van der Waals surface area contributed by atoms with E-state index in [4.69, 9.17) is 0 Å². The minimum absolute atomic E-state index is 0.260. The summed E-state index contributed by atoms with van der Waals surface area (Å²) in [4.78, 5) is 25.4. The average molecular weight is 364 g/mol. The monoisotopic (exact) mass is 364 g/mol. The van der Waals surface area contributed by atoms with Crippen LogP contribution in [0.15, 0.2) is 54.6 Å². The number of imide groups is 1. The van der Waals surface area contributed by atoms with Gasteiger partial charge in [-0.3, -0.25) is 10.1 Å². The number of rotatable bonds is 4. The second kappa shape index (κ2) is 8.64. The van der Waals surface area contributed by atoms with Crippen LogP contribution in [0.25, 0.3) is 5.57 Å². The summed E-state index contributed by atoms with van der Waals surface area (Å²) in [5, 5.41) is 5.17. The van der Waals surface area contributed by atoms with Crippen molar-refractivity contribution < 1.29 is 14.5 Å². The molecule has 140 valence electrons. The van der Waals surface area contributed by atoms with Gasteiger partial charge in [0.1, 0.15) is 0 Å². The molecule has 0 aliphatic carbocycles. The zero-order valence-corrected chi connectivity index (χ0v) is 15.8. The zero-order chi connectivity index (χ0) is 19.2. The molecule has 1 aliphatic rings. The third kappa shape index (κ3) is 5.28. The highest BCUT2D eigenvalue weighted by Gasteiger charge is 2.20. The average Bonchev–Trinajstić information content (AvgIpc) is 2.65. The molecule has 0 saturated heterocycles. The Kier molecular flexibility index (Phi) is 6.04. The van der Waals surface area contributed by atoms with Crippen molar-refractivity contribution in [3.05, 3.63) is 71.3 Å². The van der Waals surface area contributed by atoms with Crippen molar-refractivity contribution in [3.63, 3.8) is 0 Å². The van der Waals surface area contributed by atoms with E-state index in [1.807, 2.05) is 50.2 Å². The zero-order valence-electron chi connectivity index (χ0n) is 15.8. The van der Waals surface area contributed by atoms with Gasteiger partial charge < -0.3 is 10.2 Å². The summed E-state index contributed by atoms with van der Waals surface area (Å²) in [7, 11) is 0. The van der Waals surface area contributed by atoms with Crippen LogP contribution in [0.2, 0.25) is 0 Å². The molecular weight excluding hydrogens is 338 g/mol. The molecule has 3 amide bonds. The van der Waals surface area contributed by atoms with Crippen molar-refractivity contribution in [3.8, 4) is 0 Å². The van der Waals surface area contributed by atoms with Gasteiger partial charge in [-0.1, -0.05) is 48.0 Å². The standard InChI is InChI=1S/C22H25N3O2/c1-16-8-9-20(17(2)14-16)23-22(27)24-21(26)15-25-12-10-19(11-13-25)18-6-4-3-5-7-18/h3-10,14H,11-13,15H2,1-2H3,(H2,23,24,26,27)/p+1. The fraction of sp³-hybridized carbons (Fsp3) is 0.273. The van der Waals surface area contributed by atoms with Crippen LogP contribution in [0.5, 0.6) is 0 Å². The first-order chi connectivity index (χ1) is 13.0. The number of quaternary nitrogens is 1. The van der Waals surface area contributed by atoms with Crippen molar-refractivity contribution in [1.29, 1.82) is 0 Å². The Morgan fingerprint density at radius 1 is 1.07 bits per heavy atom. The van der Waals surface area contributed by atoms with E-state index >= 15 is 0 Å². The van der Waals surface area contributed by atoms with E-state index in [0.29, 0.717) is 12.2 Å². The van der Waals surface area contributed by atoms with Gasteiger partial charge in [-0.2, -0.15) is 0 Å². The first kappa shape index (κ1) is 18.9. The predicted octanol–water partition coefficient (Wildman–Crippen LogP) is 2.32. The van der Waals surface area contributed by atoms with Crippen LogP contribution in [0, 0.1) is 13.8 Å². The van der Waals surface area contributed by atoms with Gasteiger partial charge in [0.2, 0.25) is 0 Å². The molecule has 1 unspecified atom stereocenters. The fourth-order valence-corrected chi connectivity index (χ4v) is 3.36. The largest absolute Gasteiger partial charge is 0.326 e. The Balaban J connectivity index is 1.48. The van der Waals surface area contributed by atoms with E-state index in [1.54, 1.807) is 0 Å². The molecule has 0 fully saturated rings. The Hall–Kier alpha value is -2.92. The van der Waals surface area contributed by atoms with Crippen molar-refractivity contribution in [2.75, 3.05) is 25.0 Å². The van der Waals surface area contributed by atoms with Gasteiger partial charge in [0, 0.05) is 12.1 Å². The number of carbonyl (C=O) groups is 2. The number of amides is 3. The fourth-order valence-electron chi connectivity index (χ4n) is 3.36. The first-order valence-electron chi connectivity index (χ1n) is 9.27. The molecule has 3 rings (SSSR count). The Morgan fingerprint density at radius 3 is 2.52 bits per heavy atom. The smallest absolute Gasteiger partial charge is 0.324 e. The maximum atomic E-state index is 12.2. The van der Waals surface area contributed by atoms with E-state index in [0.717, 1.165) is 35.5 Å². The lowest BCUT2D eigenvalue weighted by Crippen LogP contribution is -3.13. The minimum Gasteiger partial charge on any atom is -0.324 e. The second-order valence-electron chi connectivity index (χ2n) is 7.05. The van der Waals surface area contributed by atoms with Gasteiger partial charge in [0.25, 0.3) is 5.91 Å². The highest BCUT2D eigenvalue weighted by atomic mass is 16.2. The summed E-state index contributed by atoms with van der Waals surface area (Å²) >= 11 is 0. The van der Waals surface area contributed by atoms with Crippen LogP contribution >= 0.6 is 0 Å². The van der Waals surface area contributed by atoms with Crippen LogP contribution in [-0.2, 0) is 4.79 Å². The molecule has 1 aliphatic heterocycles. The SMILES string of the molecule is Cc1ccc(NC(=O)NC(=O)C[NH+]2CC=C(c3ccccc3)CC2)c(C)c1.